The molecule has 0 saturated carbocycles. The van der Waals surface area contributed by atoms with Gasteiger partial charge >= 0.3 is 5.97 Å². The molecular formula is C19H19ClN4O3S. The van der Waals surface area contributed by atoms with E-state index in [-0.39, 0.29) is 22.8 Å². The van der Waals surface area contributed by atoms with Gasteiger partial charge in [0, 0.05) is 12.7 Å². The number of esters is 1. The maximum absolute atomic E-state index is 12.3. The van der Waals surface area contributed by atoms with Gasteiger partial charge in [-0.1, -0.05) is 23.4 Å². The van der Waals surface area contributed by atoms with E-state index in [0.29, 0.717) is 35.1 Å². The molecule has 1 N–H and O–H groups in total. The van der Waals surface area contributed by atoms with Crippen LogP contribution in [0, 0.1) is 0 Å². The van der Waals surface area contributed by atoms with Gasteiger partial charge in [0.1, 0.15) is 0 Å². The number of fused-ring (bicyclic) bond motifs is 1. The van der Waals surface area contributed by atoms with Crippen LogP contribution in [-0.4, -0.2) is 38.8 Å². The van der Waals surface area contributed by atoms with E-state index < -0.39 is 0 Å². The average molecular weight is 419 g/mol. The number of carbonyl (C=O) groups excluding carboxylic acids is 2. The molecule has 0 aliphatic rings. The van der Waals surface area contributed by atoms with Gasteiger partial charge in [-0.25, -0.2) is 14.8 Å². The van der Waals surface area contributed by atoms with Gasteiger partial charge in [0.05, 0.1) is 34.6 Å². The molecule has 0 fully saturated rings. The Hall–Kier alpha value is -2.58. The number of nitrogens with zero attached hydrogens (tertiary/aromatic N) is 3. The molecule has 0 radical (unpaired) electrons. The third-order valence-corrected chi connectivity index (χ3v) is 5.18. The SMILES string of the molecule is CCOC(=O)c1ccc2c(c1)nc(SCC(=O)Nc1cccnc1Cl)n2CC. The second kappa shape index (κ2) is 9.07. The first-order valence-corrected chi connectivity index (χ1v) is 10.1. The standard InChI is InChI=1S/C19H19ClN4O3S/c1-3-24-15-8-7-12(18(26)27-4-2)10-14(15)23-19(24)28-11-16(25)22-13-6-5-9-21-17(13)20/h5-10H,3-4,11H2,1-2H3,(H,22,25). The first kappa shape index (κ1) is 20.2. The van der Waals surface area contributed by atoms with Gasteiger partial charge in [-0.3, -0.25) is 4.79 Å². The molecule has 146 valence electrons. The number of amides is 1. The molecule has 9 heteroatoms. The maximum Gasteiger partial charge on any atom is 0.338 e. The lowest BCUT2D eigenvalue weighted by Crippen LogP contribution is -2.15. The quantitative estimate of drug-likeness (QED) is 0.354. The highest BCUT2D eigenvalue weighted by Crippen LogP contribution is 2.26. The summed E-state index contributed by atoms with van der Waals surface area (Å²) in [5.74, 6) is -0.418. The highest BCUT2D eigenvalue weighted by Gasteiger charge is 2.15. The zero-order chi connectivity index (χ0) is 20.1. The number of pyridine rings is 1. The van der Waals surface area contributed by atoms with Crippen LogP contribution >= 0.6 is 23.4 Å². The number of benzene rings is 1. The molecule has 2 heterocycles. The Kier molecular flexibility index (Phi) is 6.53. The summed E-state index contributed by atoms with van der Waals surface area (Å²) in [6.45, 7) is 4.77. The van der Waals surface area contributed by atoms with E-state index in [0.717, 1.165) is 5.52 Å². The van der Waals surface area contributed by atoms with Crippen LogP contribution in [0.2, 0.25) is 5.15 Å². The lowest BCUT2D eigenvalue weighted by molar-refractivity contribution is -0.113. The van der Waals surface area contributed by atoms with Crippen LogP contribution in [-0.2, 0) is 16.1 Å². The highest BCUT2D eigenvalue weighted by atomic mass is 35.5. The number of carbonyl (C=O) groups is 2. The molecular weight excluding hydrogens is 400 g/mol. The topological polar surface area (TPSA) is 86.1 Å². The second-order valence-corrected chi connectivity index (χ2v) is 7.04. The van der Waals surface area contributed by atoms with Crippen molar-refractivity contribution in [1.82, 2.24) is 14.5 Å². The Morgan fingerprint density at radius 1 is 1.29 bits per heavy atom. The molecule has 0 saturated heterocycles. The molecule has 2 aromatic heterocycles. The molecule has 28 heavy (non-hydrogen) atoms. The van der Waals surface area contributed by atoms with Gasteiger partial charge in [0.2, 0.25) is 5.91 Å². The number of hydrogen-bond donors (Lipinski definition) is 1. The van der Waals surface area contributed by atoms with Gasteiger partial charge in [-0.15, -0.1) is 0 Å². The summed E-state index contributed by atoms with van der Waals surface area (Å²) in [4.78, 5) is 32.7. The minimum absolute atomic E-state index is 0.166. The molecule has 1 amide bonds. The van der Waals surface area contributed by atoms with E-state index in [2.05, 4.69) is 15.3 Å². The van der Waals surface area contributed by atoms with E-state index in [1.807, 2.05) is 17.6 Å². The smallest absolute Gasteiger partial charge is 0.338 e. The van der Waals surface area contributed by atoms with Crippen molar-refractivity contribution in [3.05, 3.63) is 47.2 Å². The van der Waals surface area contributed by atoms with Crippen molar-refractivity contribution in [3.63, 3.8) is 0 Å². The van der Waals surface area contributed by atoms with Crippen LogP contribution in [0.25, 0.3) is 11.0 Å². The Bertz CT molecular complexity index is 1020. The number of nitrogens with one attached hydrogen (secondary N) is 1. The number of imidazole rings is 1. The van der Waals surface area contributed by atoms with E-state index >= 15 is 0 Å². The number of ether oxygens (including phenoxy) is 1. The summed E-state index contributed by atoms with van der Waals surface area (Å²) in [5.41, 5.74) is 2.51. The maximum atomic E-state index is 12.3. The molecule has 0 unspecified atom stereocenters. The summed E-state index contributed by atoms with van der Waals surface area (Å²) in [5, 5.41) is 3.68. The van der Waals surface area contributed by atoms with Gasteiger partial charge < -0.3 is 14.6 Å². The number of rotatable bonds is 7. The molecule has 0 bridgehead atoms. The Balaban J connectivity index is 1.76. The van der Waals surface area contributed by atoms with Crippen molar-refractivity contribution in [2.75, 3.05) is 17.7 Å². The fourth-order valence-electron chi connectivity index (χ4n) is 2.66. The van der Waals surface area contributed by atoms with Crippen molar-refractivity contribution in [1.29, 1.82) is 0 Å². The number of aryl methyl sites for hydroxylation is 1. The lowest BCUT2D eigenvalue weighted by Gasteiger charge is -2.07. The molecule has 0 aliphatic carbocycles. The molecule has 3 aromatic rings. The second-order valence-electron chi connectivity index (χ2n) is 5.74. The minimum Gasteiger partial charge on any atom is -0.462 e. The van der Waals surface area contributed by atoms with E-state index in [9.17, 15) is 9.59 Å². The monoisotopic (exact) mass is 418 g/mol. The third-order valence-electron chi connectivity index (χ3n) is 3.91. The van der Waals surface area contributed by atoms with Gasteiger partial charge in [0.15, 0.2) is 10.3 Å². The van der Waals surface area contributed by atoms with E-state index in [1.54, 1.807) is 37.4 Å². The van der Waals surface area contributed by atoms with Crippen molar-refractivity contribution in [2.24, 2.45) is 0 Å². The number of anilines is 1. The minimum atomic E-state index is -0.377. The van der Waals surface area contributed by atoms with Gasteiger partial charge in [-0.2, -0.15) is 0 Å². The first-order chi connectivity index (χ1) is 13.5. The molecule has 3 rings (SSSR count). The number of halogens is 1. The summed E-state index contributed by atoms with van der Waals surface area (Å²) in [6.07, 6.45) is 1.56. The first-order valence-electron chi connectivity index (χ1n) is 8.74. The van der Waals surface area contributed by atoms with E-state index in [1.165, 1.54) is 11.8 Å². The fourth-order valence-corrected chi connectivity index (χ4v) is 3.71. The predicted octanol–water partition coefficient (Wildman–Crippen LogP) is 4.01. The van der Waals surface area contributed by atoms with Crippen molar-refractivity contribution in [3.8, 4) is 0 Å². The predicted molar refractivity (Wildman–Crippen MR) is 110 cm³/mol. The molecule has 0 spiro atoms. The Morgan fingerprint density at radius 2 is 2.11 bits per heavy atom. The zero-order valence-electron chi connectivity index (χ0n) is 15.4. The average Bonchev–Trinajstić information content (AvgIpc) is 3.05. The fraction of sp³-hybridized carbons (Fsp3) is 0.263. The zero-order valence-corrected chi connectivity index (χ0v) is 17.0. The third kappa shape index (κ3) is 4.45. The molecule has 7 nitrogen and oxygen atoms in total. The normalized spacial score (nSPS) is 10.8. The largest absolute Gasteiger partial charge is 0.462 e. The number of hydrogen-bond acceptors (Lipinski definition) is 6. The van der Waals surface area contributed by atoms with Crippen molar-refractivity contribution in [2.45, 2.75) is 25.5 Å². The van der Waals surface area contributed by atoms with Crippen LogP contribution in [0.1, 0.15) is 24.2 Å². The number of aromatic nitrogens is 3. The molecule has 0 atom stereocenters. The van der Waals surface area contributed by atoms with Crippen molar-refractivity contribution < 1.29 is 14.3 Å². The summed E-state index contributed by atoms with van der Waals surface area (Å²) in [6, 6.07) is 8.67. The number of thioether (sulfide) groups is 1. The van der Waals surface area contributed by atoms with Crippen LogP contribution in [0.15, 0.2) is 41.7 Å². The molecule has 0 aliphatic heterocycles. The van der Waals surface area contributed by atoms with Crippen LogP contribution in [0.3, 0.4) is 0 Å². The van der Waals surface area contributed by atoms with Crippen LogP contribution in [0.4, 0.5) is 5.69 Å². The lowest BCUT2D eigenvalue weighted by atomic mass is 10.2. The Labute approximate surface area is 171 Å². The van der Waals surface area contributed by atoms with E-state index in [4.69, 9.17) is 16.3 Å². The van der Waals surface area contributed by atoms with Crippen LogP contribution in [0.5, 0.6) is 0 Å². The highest BCUT2D eigenvalue weighted by molar-refractivity contribution is 7.99. The van der Waals surface area contributed by atoms with Crippen LogP contribution < -0.4 is 5.32 Å². The molecule has 1 aromatic carbocycles. The van der Waals surface area contributed by atoms with Crippen molar-refractivity contribution >= 4 is 52.0 Å². The van der Waals surface area contributed by atoms with Gasteiger partial charge in [0.25, 0.3) is 0 Å². The van der Waals surface area contributed by atoms with Gasteiger partial charge in [-0.05, 0) is 44.2 Å². The summed E-state index contributed by atoms with van der Waals surface area (Å²) >= 11 is 7.28. The Morgan fingerprint density at radius 3 is 2.82 bits per heavy atom. The summed E-state index contributed by atoms with van der Waals surface area (Å²) < 4.78 is 7.04. The summed E-state index contributed by atoms with van der Waals surface area (Å²) in [7, 11) is 0.